The average Bonchev–Trinajstić information content (AvgIpc) is 2.83. The number of sulfonamides is 1. The van der Waals surface area contributed by atoms with Gasteiger partial charge in [-0.05, 0) is 62.4 Å². The summed E-state index contributed by atoms with van der Waals surface area (Å²) in [6.07, 6.45) is 1.47. The van der Waals surface area contributed by atoms with Gasteiger partial charge in [0.2, 0.25) is 15.9 Å². The second-order valence-electron chi connectivity index (χ2n) is 9.65. The van der Waals surface area contributed by atoms with Gasteiger partial charge in [-0.3, -0.25) is 4.79 Å². The van der Waals surface area contributed by atoms with Gasteiger partial charge in [0.05, 0.1) is 11.5 Å². The molecule has 2 aromatic carbocycles. The lowest BCUT2D eigenvalue weighted by molar-refractivity contribution is -0.136. The van der Waals surface area contributed by atoms with Crippen LogP contribution in [0.3, 0.4) is 0 Å². The lowest BCUT2D eigenvalue weighted by Gasteiger charge is -2.43. The van der Waals surface area contributed by atoms with Crippen LogP contribution in [0.1, 0.15) is 19.3 Å². The van der Waals surface area contributed by atoms with E-state index in [2.05, 4.69) is 4.90 Å². The number of benzene rings is 2. The molecule has 1 amide bonds. The number of hydrogen-bond acceptors (Lipinski definition) is 5. The fourth-order valence-electron chi connectivity index (χ4n) is 4.76. The molecule has 0 spiro atoms. The average molecular weight is 575 g/mol. The summed E-state index contributed by atoms with van der Waals surface area (Å²) in [6, 6.07) is 11.3. The fourth-order valence-corrected chi connectivity index (χ4v) is 7.21. The van der Waals surface area contributed by atoms with Crippen LogP contribution in [-0.4, -0.2) is 81.4 Å². The summed E-state index contributed by atoms with van der Waals surface area (Å²) in [5.74, 6) is 0.639. The summed E-state index contributed by atoms with van der Waals surface area (Å²) in [4.78, 5) is 17.5. The van der Waals surface area contributed by atoms with Crippen LogP contribution in [0.5, 0.6) is 5.75 Å². The van der Waals surface area contributed by atoms with E-state index >= 15 is 0 Å². The highest BCUT2D eigenvalue weighted by molar-refractivity contribution is 7.89. The number of amides is 1. The number of carbonyl (C=O) groups is 1. The first-order chi connectivity index (χ1) is 17.1. The van der Waals surface area contributed by atoms with Gasteiger partial charge >= 0.3 is 0 Å². The predicted octanol–water partition coefficient (Wildman–Crippen LogP) is 4.66. The van der Waals surface area contributed by atoms with E-state index in [0.29, 0.717) is 43.2 Å². The van der Waals surface area contributed by atoms with E-state index in [9.17, 15) is 13.2 Å². The largest absolute Gasteiger partial charge is 0.493 e. The van der Waals surface area contributed by atoms with E-state index in [1.165, 1.54) is 22.5 Å². The molecule has 2 aliphatic heterocycles. The monoisotopic (exact) mass is 573 g/mol. The third-order valence-corrected chi connectivity index (χ3v) is 9.35. The molecular weight excluding hydrogens is 545 g/mol. The number of ether oxygens (including phenoxy) is 1. The first-order valence-corrected chi connectivity index (χ1v) is 14.4. The van der Waals surface area contributed by atoms with Crippen LogP contribution in [0.25, 0.3) is 0 Å². The topological polar surface area (TPSA) is 70.2 Å². The van der Waals surface area contributed by atoms with Crippen molar-refractivity contribution < 1.29 is 17.9 Å². The van der Waals surface area contributed by atoms with Crippen LogP contribution in [0.15, 0.2) is 47.4 Å². The highest BCUT2D eigenvalue weighted by Gasteiger charge is 2.43. The Morgan fingerprint density at radius 1 is 0.944 bits per heavy atom. The highest BCUT2D eigenvalue weighted by atomic mass is 35.5. The molecule has 0 radical (unpaired) electrons. The smallest absolute Gasteiger partial charge is 0.243 e. The van der Waals surface area contributed by atoms with Crippen LogP contribution < -0.4 is 4.74 Å². The zero-order chi connectivity index (χ0) is 25.9. The summed E-state index contributed by atoms with van der Waals surface area (Å²) in [6.45, 7) is 3.66. The molecule has 11 heteroatoms. The summed E-state index contributed by atoms with van der Waals surface area (Å²) in [5, 5.41) is 1.10. The van der Waals surface area contributed by atoms with Crippen molar-refractivity contribution in [2.24, 2.45) is 5.41 Å². The van der Waals surface area contributed by atoms with Gasteiger partial charge in [0.15, 0.2) is 0 Å². The molecular formula is C25H30Cl3N3O4S. The van der Waals surface area contributed by atoms with Crippen molar-refractivity contribution in [3.63, 3.8) is 0 Å². The van der Waals surface area contributed by atoms with Crippen molar-refractivity contribution in [3.8, 4) is 5.75 Å². The minimum Gasteiger partial charge on any atom is -0.493 e. The second kappa shape index (κ2) is 11.5. The molecule has 0 aliphatic carbocycles. The van der Waals surface area contributed by atoms with Gasteiger partial charge in [-0.15, -0.1) is 0 Å². The minimum absolute atomic E-state index is 0.0212. The standard InChI is InChI=1S/C25H30Cl3N3O4S/c1-29-9-11-30(12-10-29)24(32)16-25(18-35-22-5-3-19(26)4-6-22)7-2-8-31(17-25)36(33,34)23-14-20(27)13-21(28)15-23/h3-6,13-15H,2,7-12,16-18H2,1H3/t25-/m1/s1. The molecule has 0 bridgehead atoms. The van der Waals surface area contributed by atoms with Crippen molar-refractivity contribution >= 4 is 50.7 Å². The maximum absolute atomic E-state index is 13.6. The van der Waals surface area contributed by atoms with Crippen molar-refractivity contribution in [2.75, 3.05) is 52.9 Å². The maximum Gasteiger partial charge on any atom is 0.243 e. The Morgan fingerprint density at radius 2 is 1.58 bits per heavy atom. The Hall–Kier alpha value is -1.55. The van der Waals surface area contributed by atoms with Gasteiger partial charge in [-0.2, -0.15) is 4.31 Å². The van der Waals surface area contributed by atoms with Gasteiger partial charge in [-0.25, -0.2) is 8.42 Å². The fraction of sp³-hybridized carbons (Fsp3) is 0.480. The summed E-state index contributed by atoms with van der Waals surface area (Å²) in [5.41, 5.74) is -0.687. The minimum atomic E-state index is -3.87. The zero-order valence-electron chi connectivity index (χ0n) is 20.1. The van der Waals surface area contributed by atoms with Crippen LogP contribution in [0.2, 0.25) is 15.1 Å². The summed E-state index contributed by atoms with van der Waals surface area (Å²) in [7, 11) is -1.84. The van der Waals surface area contributed by atoms with Crippen LogP contribution in [0, 0.1) is 5.41 Å². The highest BCUT2D eigenvalue weighted by Crippen LogP contribution is 2.38. The Balaban J connectivity index is 1.58. The molecule has 0 aromatic heterocycles. The Kier molecular flexibility index (Phi) is 8.75. The third-order valence-electron chi connectivity index (χ3n) is 6.84. The van der Waals surface area contributed by atoms with Crippen molar-refractivity contribution in [2.45, 2.75) is 24.2 Å². The van der Waals surface area contributed by atoms with Crippen LogP contribution in [0.4, 0.5) is 0 Å². The third kappa shape index (κ3) is 6.65. The Morgan fingerprint density at radius 3 is 2.22 bits per heavy atom. The summed E-state index contributed by atoms with van der Waals surface area (Å²) < 4.78 is 34.7. The van der Waals surface area contributed by atoms with E-state index in [4.69, 9.17) is 39.5 Å². The molecule has 2 fully saturated rings. The van der Waals surface area contributed by atoms with E-state index in [1.54, 1.807) is 24.3 Å². The molecule has 2 aliphatic rings. The normalized spacial score (nSPS) is 21.9. The summed E-state index contributed by atoms with van der Waals surface area (Å²) >= 11 is 18.2. The number of piperidine rings is 1. The molecule has 4 rings (SSSR count). The van der Waals surface area contributed by atoms with Gasteiger partial charge in [0, 0.05) is 66.2 Å². The molecule has 196 valence electrons. The second-order valence-corrected chi connectivity index (χ2v) is 12.9. The van der Waals surface area contributed by atoms with E-state index in [-0.39, 0.29) is 40.4 Å². The van der Waals surface area contributed by atoms with Gasteiger partial charge in [-0.1, -0.05) is 34.8 Å². The number of piperazine rings is 1. The number of halogens is 3. The zero-order valence-corrected chi connectivity index (χ0v) is 23.2. The SMILES string of the molecule is CN1CCN(C(=O)C[C@]2(COc3ccc(Cl)cc3)CCCN(S(=O)(=O)c3cc(Cl)cc(Cl)c3)C2)CC1. The molecule has 2 aromatic rings. The lowest BCUT2D eigenvalue weighted by Crippen LogP contribution is -2.53. The number of likely N-dealkylation sites (N-methyl/N-ethyl adjacent to an activating group) is 1. The quantitative estimate of drug-likeness (QED) is 0.481. The number of rotatable bonds is 7. The molecule has 2 heterocycles. The first kappa shape index (κ1) is 27.5. The van der Waals surface area contributed by atoms with Crippen molar-refractivity contribution in [3.05, 3.63) is 57.5 Å². The number of hydrogen-bond donors (Lipinski definition) is 0. The van der Waals surface area contributed by atoms with Crippen LogP contribution >= 0.6 is 34.8 Å². The molecule has 1 atom stereocenters. The predicted molar refractivity (Wildman–Crippen MR) is 143 cm³/mol. The maximum atomic E-state index is 13.6. The van der Waals surface area contributed by atoms with E-state index in [0.717, 1.165) is 13.1 Å². The van der Waals surface area contributed by atoms with Crippen LogP contribution in [-0.2, 0) is 14.8 Å². The molecule has 0 unspecified atom stereocenters. The molecule has 2 saturated heterocycles. The molecule has 7 nitrogen and oxygen atoms in total. The van der Waals surface area contributed by atoms with Crippen molar-refractivity contribution in [1.82, 2.24) is 14.1 Å². The number of carbonyl (C=O) groups excluding carboxylic acids is 1. The molecule has 0 N–H and O–H groups in total. The molecule has 0 saturated carbocycles. The lowest BCUT2D eigenvalue weighted by atomic mass is 9.78. The first-order valence-electron chi connectivity index (χ1n) is 11.9. The van der Waals surface area contributed by atoms with Gasteiger partial charge < -0.3 is 14.5 Å². The van der Waals surface area contributed by atoms with E-state index < -0.39 is 15.4 Å². The Bertz CT molecular complexity index is 1170. The van der Waals surface area contributed by atoms with E-state index in [1.807, 2.05) is 11.9 Å². The van der Waals surface area contributed by atoms with Crippen molar-refractivity contribution in [1.29, 1.82) is 0 Å². The Labute approximate surface area is 227 Å². The number of nitrogens with zero attached hydrogens (tertiary/aromatic N) is 3. The van der Waals surface area contributed by atoms with Gasteiger partial charge in [0.25, 0.3) is 0 Å². The molecule has 36 heavy (non-hydrogen) atoms. The van der Waals surface area contributed by atoms with Gasteiger partial charge in [0.1, 0.15) is 5.75 Å².